The number of benzene rings is 2. The van der Waals surface area contributed by atoms with Crippen molar-refractivity contribution in [3.8, 4) is 0 Å². The van der Waals surface area contributed by atoms with Crippen LogP contribution >= 0.6 is 0 Å². The van der Waals surface area contributed by atoms with Crippen molar-refractivity contribution in [2.45, 2.75) is 13.1 Å². The molecule has 0 radical (unpaired) electrons. The van der Waals surface area contributed by atoms with Crippen molar-refractivity contribution >= 4 is 28.1 Å². The summed E-state index contributed by atoms with van der Waals surface area (Å²) >= 11 is -0.339. The Morgan fingerprint density at radius 3 is 1.43 bits per heavy atom. The maximum absolute atomic E-state index is 2.31. The predicted molar refractivity (Wildman–Crippen MR) is 92.7 cm³/mol. The first-order valence-corrected chi connectivity index (χ1v) is 9.52. The zero-order valence-corrected chi connectivity index (χ0v) is 15.7. The molecule has 0 fully saturated rings. The van der Waals surface area contributed by atoms with E-state index in [1.165, 1.54) is 11.1 Å². The Morgan fingerprint density at radius 1 is 0.667 bits per heavy atom. The van der Waals surface area contributed by atoms with Gasteiger partial charge in [0.15, 0.2) is 0 Å². The van der Waals surface area contributed by atoms with E-state index in [9.17, 15) is 0 Å². The molecule has 0 aliphatic rings. The van der Waals surface area contributed by atoms with Crippen molar-refractivity contribution < 1.29 is 0 Å². The van der Waals surface area contributed by atoms with E-state index < -0.39 is 0 Å². The molecule has 112 valence electrons. The molecule has 0 aliphatic carbocycles. The molecular formula is C18H24N2Te. The molecular weight excluding hydrogens is 372 g/mol. The molecule has 2 aromatic rings. The van der Waals surface area contributed by atoms with E-state index in [0.717, 1.165) is 13.1 Å². The van der Waals surface area contributed by atoms with Gasteiger partial charge in [-0.1, -0.05) is 0 Å². The summed E-state index contributed by atoms with van der Waals surface area (Å²) in [6.07, 6.45) is 0. The molecule has 2 rings (SSSR count). The third kappa shape index (κ3) is 5.13. The summed E-state index contributed by atoms with van der Waals surface area (Å²) in [5, 5.41) is 0. The Hall–Kier alpha value is -0.850. The van der Waals surface area contributed by atoms with Crippen molar-refractivity contribution in [2.75, 3.05) is 28.2 Å². The van der Waals surface area contributed by atoms with Gasteiger partial charge in [-0.2, -0.15) is 0 Å². The van der Waals surface area contributed by atoms with Gasteiger partial charge in [-0.25, -0.2) is 0 Å². The SMILES string of the molecule is CN(C)Cc1ccccc1[Te]c1ccccc1CN(C)C. The van der Waals surface area contributed by atoms with Crippen LogP contribution in [0.15, 0.2) is 48.5 Å². The van der Waals surface area contributed by atoms with Gasteiger partial charge in [0.25, 0.3) is 0 Å². The van der Waals surface area contributed by atoms with Gasteiger partial charge in [-0.15, -0.1) is 0 Å². The molecule has 2 aromatic carbocycles. The minimum atomic E-state index is -0.339. The standard InChI is InChI=1S/C18H24N2Te/c1-19(2)13-15-9-5-7-11-17(15)21-18-12-8-6-10-16(18)14-20(3)4/h5-12H,13-14H2,1-4H3. The van der Waals surface area contributed by atoms with Crippen molar-refractivity contribution in [3.05, 3.63) is 59.7 Å². The van der Waals surface area contributed by atoms with Gasteiger partial charge in [0, 0.05) is 0 Å². The maximum atomic E-state index is 2.31. The molecule has 0 saturated heterocycles. The van der Waals surface area contributed by atoms with Crippen LogP contribution in [-0.4, -0.2) is 58.9 Å². The summed E-state index contributed by atoms with van der Waals surface area (Å²) in [5.41, 5.74) is 2.95. The van der Waals surface area contributed by atoms with Gasteiger partial charge in [-0.05, 0) is 0 Å². The van der Waals surface area contributed by atoms with Crippen LogP contribution in [0.5, 0.6) is 0 Å². The average molecular weight is 396 g/mol. The number of rotatable bonds is 6. The first-order valence-electron chi connectivity index (χ1n) is 7.19. The fourth-order valence-electron chi connectivity index (χ4n) is 2.27. The summed E-state index contributed by atoms with van der Waals surface area (Å²) < 4.78 is 3.12. The summed E-state index contributed by atoms with van der Waals surface area (Å²) in [6, 6.07) is 17.8. The van der Waals surface area contributed by atoms with E-state index >= 15 is 0 Å². The van der Waals surface area contributed by atoms with Crippen molar-refractivity contribution in [2.24, 2.45) is 0 Å². The molecule has 2 nitrogen and oxygen atoms in total. The third-order valence-electron chi connectivity index (χ3n) is 3.14. The first kappa shape index (κ1) is 16.5. The van der Waals surface area contributed by atoms with Gasteiger partial charge >= 0.3 is 139 Å². The normalized spacial score (nSPS) is 11.3. The van der Waals surface area contributed by atoms with Crippen LogP contribution in [0.4, 0.5) is 0 Å². The van der Waals surface area contributed by atoms with Crippen molar-refractivity contribution in [1.29, 1.82) is 0 Å². The van der Waals surface area contributed by atoms with Gasteiger partial charge in [-0.3, -0.25) is 0 Å². The van der Waals surface area contributed by atoms with E-state index in [0.29, 0.717) is 0 Å². The molecule has 0 N–H and O–H groups in total. The van der Waals surface area contributed by atoms with Gasteiger partial charge in [0.1, 0.15) is 0 Å². The number of nitrogens with zero attached hydrogens (tertiary/aromatic N) is 2. The Morgan fingerprint density at radius 2 is 1.05 bits per heavy atom. The van der Waals surface area contributed by atoms with Gasteiger partial charge in [0.2, 0.25) is 0 Å². The quantitative estimate of drug-likeness (QED) is 0.683. The van der Waals surface area contributed by atoms with Crippen molar-refractivity contribution in [1.82, 2.24) is 9.80 Å². The van der Waals surface area contributed by atoms with Gasteiger partial charge < -0.3 is 0 Å². The van der Waals surface area contributed by atoms with Crippen LogP contribution in [0.2, 0.25) is 0 Å². The Balaban J connectivity index is 2.26. The Bertz CT molecular complexity index is 527. The number of hydrogen-bond acceptors (Lipinski definition) is 2. The summed E-state index contributed by atoms with van der Waals surface area (Å²) in [5.74, 6) is 0. The van der Waals surface area contributed by atoms with E-state index in [4.69, 9.17) is 0 Å². The monoisotopic (exact) mass is 398 g/mol. The summed E-state index contributed by atoms with van der Waals surface area (Å²) in [4.78, 5) is 4.50. The van der Waals surface area contributed by atoms with Crippen LogP contribution in [0.1, 0.15) is 11.1 Å². The van der Waals surface area contributed by atoms with Crippen molar-refractivity contribution in [3.63, 3.8) is 0 Å². The molecule has 0 aliphatic heterocycles. The molecule has 3 heteroatoms. The van der Waals surface area contributed by atoms with E-state index in [1.54, 1.807) is 7.22 Å². The molecule has 0 spiro atoms. The van der Waals surface area contributed by atoms with E-state index in [-0.39, 0.29) is 20.9 Å². The summed E-state index contributed by atoms with van der Waals surface area (Å²) in [6.45, 7) is 2.05. The average Bonchev–Trinajstić information content (AvgIpc) is 2.42. The molecule has 0 amide bonds. The number of hydrogen-bond donors (Lipinski definition) is 0. The van der Waals surface area contributed by atoms with E-state index in [1.807, 2.05) is 0 Å². The molecule has 21 heavy (non-hydrogen) atoms. The second-order valence-electron chi connectivity index (χ2n) is 5.79. The van der Waals surface area contributed by atoms with Crippen LogP contribution in [0.3, 0.4) is 0 Å². The second-order valence-corrected chi connectivity index (χ2v) is 8.89. The molecule has 0 unspecified atom stereocenters. The van der Waals surface area contributed by atoms with Crippen LogP contribution < -0.4 is 7.22 Å². The molecule has 0 atom stereocenters. The predicted octanol–water partition coefficient (Wildman–Crippen LogP) is 1.46. The first-order chi connectivity index (χ1) is 10.1. The second kappa shape index (κ2) is 7.96. The zero-order chi connectivity index (χ0) is 15.2. The fourth-order valence-corrected chi connectivity index (χ4v) is 5.29. The fraction of sp³-hybridized carbons (Fsp3) is 0.333. The Labute approximate surface area is 138 Å². The summed E-state index contributed by atoms with van der Waals surface area (Å²) in [7, 11) is 8.54. The molecule has 0 bridgehead atoms. The molecule has 0 heterocycles. The molecule has 0 saturated carbocycles. The zero-order valence-electron chi connectivity index (χ0n) is 13.3. The Kier molecular flexibility index (Phi) is 6.26. The minimum absolute atomic E-state index is 0.339. The van der Waals surface area contributed by atoms with Crippen LogP contribution in [0.25, 0.3) is 0 Å². The van der Waals surface area contributed by atoms with Crippen LogP contribution in [0, 0.1) is 0 Å². The topological polar surface area (TPSA) is 6.48 Å². The van der Waals surface area contributed by atoms with E-state index in [2.05, 4.69) is 86.5 Å². The molecule has 0 aromatic heterocycles. The van der Waals surface area contributed by atoms with Crippen LogP contribution in [-0.2, 0) is 13.1 Å². The third-order valence-corrected chi connectivity index (χ3v) is 6.67. The van der Waals surface area contributed by atoms with Gasteiger partial charge in [0.05, 0.1) is 0 Å².